The van der Waals surface area contributed by atoms with Crippen LogP contribution >= 0.6 is 0 Å². The van der Waals surface area contributed by atoms with Crippen LogP contribution in [-0.4, -0.2) is 140 Å². The van der Waals surface area contributed by atoms with Gasteiger partial charge in [0.15, 0.2) is 12.6 Å². The molecule has 0 aromatic heterocycles. The Bertz CT molecular complexity index is 1170. The summed E-state index contributed by atoms with van der Waals surface area (Å²) >= 11 is 0. The number of aliphatic hydroxyl groups is 8. The van der Waals surface area contributed by atoms with Crippen LogP contribution in [0.25, 0.3) is 0 Å². The van der Waals surface area contributed by atoms with Crippen molar-refractivity contribution in [2.24, 2.45) is 0 Å². The molecule has 2 aliphatic rings. The van der Waals surface area contributed by atoms with E-state index in [1.54, 1.807) is 6.08 Å². The second-order valence-corrected chi connectivity index (χ2v) is 18.3. The van der Waals surface area contributed by atoms with E-state index in [0.29, 0.717) is 6.42 Å². The predicted octanol–water partition coefficient (Wildman–Crippen LogP) is 6.55. The molecule has 2 fully saturated rings. The monoisotopic (exact) mass is 916 g/mol. The van der Waals surface area contributed by atoms with E-state index in [2.05, 4.69) is 31.3 Å². The summed E-state index contributed by atoms with van der Waals surface area (Å²) in [5.74, 6) is -0.249. The van der Waals surface area contributed by atoms with Crippen LogP contribution in [0.4, 0.5) is 0 Å². The van der Waals surface area contributed by atoms with Gasteiger partial charge in [0, 0.05) is 6.42 Å². The number of carbonyl (C=O) groups excluding carboxylic acids is 1. The number of hydrogen-bond donors (Lipinski definition) is 9. The second kappa shape index (κ2) is 37.5. The van der Waals surface area contributed by atoms with E-state index < -0.39 is 86.8 Å². The predicted molar refractivity (Wildman–Crippen MR) is 249 cm³/mol. The third kappa shape index (κ3) is 24.5. The molecule has 2 saturated heterocycles. The smallest absolute Gasteiger partial charge is 0.220 e. The Kier molecular flexibility index (Phi) is 34.3. The molecule has 0 saturated carbocycles. The van der Waals surface area contributed by atoms with Gasteiger partial charge in [-0.2, -0.15) is 0 Å². The zero-order valence-corrected chi connectivity index (χ0v) is 39.8. The van der Waals surface area contributed by atoms with Crippen molar-refractivity contribution in [1.82, 2.24) is 5.32 Å². The summed E-state index contributed by atoms with van der Waals surface area (Å²) in [5.41, 5.74) is 0. The summed E-state index contributed by atoms with van der Waals surface area (Å²) in [7, 11) is 0. The molecule has 2 rings (SSSR count). The first kappa shape index (κ1) is 58.6. The highest BCUT2D eigenvalue weighted by Gasteiger charge is 2.51. The van der Waals surface area contributed by atoms with E-state index in [1.807, 2.05) is 6.08 Å². The second-order valence-electron chi connectivity index (χ2n) is 18.3. The standard InChI is InChI=1S/C50H93NO13/c1-3-5-7-9-11-13-15-17-19-21-23-25-27-29-31-33-39(54)38(51-42(55)34-32-30-28-26-24-22-20-18-16-14-12-10-8-6-4-2)37-61-49-47(60)45(58)48(41(36-53)63-49)64-50-46(59)44(57)43(56)40(35-52)62-50/h18,20,31,33,38-41,43-50,52-54,56-60H,3-17,19,21-30,32,34-37H2,1-2H3,(H,51,55)/b20-18-,33-31+. The number of ether oxygens (including phenoxy) is 4. The molecule has 2 heterocycles. The Morgan fingerprint density at radius 1 is 0.547 bits per heavy atom. The van der Waals surface area contributed by atoms with Gasteiger partial charge >= 0.3 is 0 Å². The topological polar surface area (TPSA) is 228 Å². The van der Waals surface area contributed by atoms with Crippen LogP contribution in [0.1, 0.15) is 194 Å². The fourth-order valence-electron chi connectivity index (χ4n) is 8.40. The molecule has 9 N–H and O–H groups in total. The fraction of sp³-hybridized carbons (Fsp3) is 0.900. The SMILES string of the molecule is CCCCCCCC/C=C\CCCCCCCC(=O)NC(COC1OC(CO)C(OC2OC(CO)C(O)C(O)C2O)C(O)C1O)C(O)/C=C/CCCCCCCCCCCCCCC. The largest absolute Gasteiger partial charge is 0.394 e. The molecule has 0 spiro atoms. The third-order valence-corrected chi connectivity index (χ3v) is 12.6. The number of allylic oxidation sites excluding steroid dienone is 3. The maximum Gasteiger partial charge on any atom is 0.220 e. The first-order valence-corrected chi connectivity index (χ1v) is 25.6. The molecular weight excluding hydrogens is 823 g/mol. The van der Waals surface area contributed by atoms with Gasteiger partial charge in [0.05, 0.1) is 32.0 Å². The number of carbonyl (C=O) groups is 1. The minimum absolute atomic E-state index is 0.249. The average molecular weight is 916 g/mol. The van der Waals surface area contributed by atoms with Crippen molar-refractivity contribution < 1.29 is 64.6 Å². The molecule has 0 aromatic rings. The van der Waals surface area contributed by atoms with Crippen LogP contribution in [0.15, 0.2) is 24.3 Å². The zero-order chi connectivity index (χ0) is 46.8. The van der Waals surface area contributed by atoms with Crippen LogP contribution < -0.4 is 5.32 Å². The first-order chi connectivity index (χ1) is 31.1. The van der Waals surface area contributed by atoms with Crippen LogP contribution in [0.5, 0.6) is 0 Å². The van der Waals surface area contributed by atoms with Crippen molar-refractivity contribution in [2.75, 3.05) is 19.8 Å². The van der Waals surface area contributed by atoms with E-state index in [9.17, 15) is 45.6 Å². The van der Waals surface area contributed by atoms with Crippen molar-refractivity contribution in [1.29, 1.82) is 0 Å². The van der Waals surface area contributed by atoms with Gasteiger partial charge in [-0.25, -0.2) is 0 Å². The molecule has 0 aromatic carbocycles. The molecular formula is C50H93NO13. The molecule has 14 nitrogen and oxygen atoms in total. The molecule has 0 radical (unpaired) electrons. The lowest BCUT2D eigenvalue weighted by atomic mass is 9.97. The number of amides is 1. The Balaban J connectivity index is 1.86. The Morgan fingerprint density at radius 2 is 0.984 bits per heavy atom. The molecule has 12 unspecified atom stereocenters. The number of hydrogen-bond acceptors (Lipinski definition) is 13. The van der Waals surface area contributed by atoms with Gasteiger partial charge in [-0.15, -0.1) is 0 Å². The molecule has 376 valence electrons. The summed E-state index contributed by atoms with van der Waals surface area (Å²) in [6.07, 6.45) is 23.5. The third-order valence-electron chi connectivity index (χ3n) is 12.6. The van der Waals surface area contributed by atoms with Crippen molar-refractivity contribution in [3.8, 4) is 0 Å². The highest BCUT2D eigenvalue weighted by Crippen LogP contribution is 2.30. The van der Waals surface area contributed by atoms with Crippen molar-refractivity contribution >= 4 is 5.91 Å². The average Bonchev–Trinajstić information content (AvgIpc) is 3.29. The quantitative estimate of drug-likeness (QED) is 0.0236. The van der Waals surface area contributed by atoms with Crippen LogP contribution in [0.3, 0.4) is 0 Å². The van der Waals surface area contributed by atoms with Gasteiger partial charge in [0.1, 0.15) is 48.8 Å². The van der Waals surface area contributed by atoms with E-state index in [0.717, 1.165) is 57.8 Å². The molecule has 0 aliphatic carbocycles. The lowest BCUT2D eigenvalue weighted by molar-refractivity contribution is -0.359. The van der Waals surface area contributed by atoms with Gasteiger partial charge in [0.2, 0.25) is 5.91 Å². The number of unbranched alkanes of at least 4 members (excludes halogenated alkanes) is 24. The van der Waals surface area contributed by atoms with Crippen LogP contribution in [-0.2, 0) is 23.7 Å². The maximum absolute atomic E-state index is 13.2. The maximum atomic E-state index is 13.2. The van der Waals surface area contributed by atoms with E-state index in [4.69, 9.17) is 18.9 Å². The van der Waals surface area contributed by atoms with Crippen LogP contribution in [0.2, 0.25) is 0 Å². The molecule has 12 atom stereocenters. The molecule has 2 aliphatic heterocycles. The highest BCUT2D eigenvalue weighted by molar-refractivity contribution is 5.76. The minimum Gasteiger partial charge on any atom is -0.394 e. The minimum atomic E-state index is -1.79. The van der Waals surface area contributed by atoms with Gasteiger partial charge in [-0.05, 0) is 44.9 Å². The van der Waals surface area contributed by atoms with Gasteiger partial charge in [0.25, 0.3) is 0 Å². The van der Waals surface area contributed by atoms with Crippen molar-refractivity contribution in [2.45, 2.75) is 267 Å². The van der Waals surface area contributed by atoms with Gasteiger partial charge in [-0.3, -0.25) is 4.79 Å². The lowest BCUT2D eigenvalue weighted by Gasteiger charge is -2.46. The van der Waals surface area contributed by atoms with Gasteiger partial charge in [-0.1, -0.05) is 167 Å². The fourth-order valence-corrected chi connectivity index (χ4v) is 8.40. The molecule has 64 heavy (non-hydrogen) atoms. The van der Waals surface area contributed by atoms with Crippen LogP contribution in [0, 0.1) is 0 Å². The molecule has 1 amide bonds. The normalized spacial score (nSPS) is 27.4. The molecule has 0 bridgehead atoms. The summed E-state index contributed by atoms with van der Waals surface area (Å²) in [5, 5.41) is 86.7. The Labute approximate surface area is 386 Å². The summed E-state index contributed by atoms with van der Waals surface area (Å²) in [6.45, 7) is 2.77. The highest BCUT2D eigenvalue weighted by atomic mass is 16.7. The summed E-state index contributed by atoms with van der Waals surface area (Å²) < 4.78 is 22.7. The number of nitrogens with one attached hydrogen (secondary N) is 1. The Morgan fingerprint density at radius 3 is 1.48 bits per heavy atom. The molecule has 14 heteroatoms. The lowest BCUT2D eigenvalue weighted by Crippen LogP contribution is -2.65. The number of rotatable bonds is 39. The Hall–Kier alpha value is -1.53. The van der Waals surface area contributed by atoms with Crippen molar-refractivity contribution in [3.05, 3.63) is 24.3 Å². The van der Waals surface area contributed by atoms with E-state index in [-0.39, 0.29) is 18.9 Å². The first-order valence-electron chi connectivity index (χ1n) is 25.6. The van der Waals surface area contributed by atoms with Crippen molar-refractivity contribution in [3.63, 3.8) is 0 Å². The van der Waals surface area contributed by atoms with E-state index in [1.165, 1.54) is 109 Å². The zero-order valence-electron chi connectivity index (χ0n) is 39.8. The summed E-state index contributed by atoms with van der Waals surface area (Å²) in [6, 6.07) is -0.915. The summed E-state index contributed by atoms with van der Waals surface area (Å²) in [4.78, 5) is 13.2. The number of aliphatic hydroxyl groups excluding tert-OH is 8. The van der Waals surface area contributed by atoms with Gasteiger partial charge < -0.3 is 65.1 Å². The van der Waals surface area contributed by atoms with E-state index >= 15 is 0 Å².